The maximum Gasteiger partial charge on any atom is 0.261 e. The van der Waals surface area contributed by atoms with Gasteiger partial charge in [0.05, 0.1) is 10.6 Å². The van der Waals surface area contributed by atoms with Crippen molar-refractivity contribution in [1.82, 2.24) is 0 Å². The van der Waals surface area contributed by atoms with Gasteiger partial charge in [0.1, 0.15) is 5.82 Å². The Morgan fingerprint density at radius 1 is 1.19 bits per heavy atom. The summed E-state index contributed by atoms with van der Waals surface area (Å²) < 4.78 is 39.7. The number of carbonyl (C=O) groups is 1. The predicted molar refractivity (Wildman–Crippen MR) is 78.1 cm³/mol. The molecule has 0 amide bonds. The fourth-order valence-electron chi connectivity index (χ4n) is 1.70. The quantitative estimate of drug-likeness (QED) is 0.670. The highest BCUT2D eigenvalue weighted by molar-refractivity contribution is 7.92. The SMILES string of the molecule is CC(=O)c1cccc(NS(=O)(=O)c2ccc(F)c(N)c2)c1. The molecule has 3 N–H and O–H groups in total. The van der Waals surface area contributed by atoms with Crippen molar-refractivity contribution in [3.8, 4) is 0 Å². The molecule has 110 valence electrons. The number of nitrogens with two attached hydrogens (primary N) is 1. The van der Waals surface area contributed by atoms with Crippen LogP contribution in [0.4, 0.5) is 15.8 Å². The molecule has 2 aromatic carbocycles. The summed E-state index contributed by atoms with van der Waals surface area (Å²) in [6.07, 6.45) is 0. The largest absolute Gasteiger partial charge is 0.396 e. The second-order valence-corrected chi connectivity index (χ2v) is 6.11. The van der Waals surface area contributed by atoms with Gasteiger partial charge in [0.2, 0.25) is 0 Å². The van der Waals surface area contributed by atoms with E-state index in [0.717, 1.165) is 18.2 Å². The minimum Gasteiger partial charge on any atom is -0.396 e. The molecule has 0 fully saturated rings. The monoisotopic (exact) mass is 308 g/mol. The summed E-state index contributed by atoms with van der Waals surface area (Å²) in [6.45, 7) is 1.38. The molecule has 0 saturated carbocycles. The van der Waals surface area contributed by atoms with Crippen LogP contribution in [0.1, 0.15) is 17.3 Å². The highest BCUT2D eigenvalue weighted by Gasteiger charge is 2.16. The Hall–Kier alpha value is -2.41. The number of hydrogen-bond acceptors (Lipinski definition) is 4. The molecule has 0 aliphatic carbocycles. The Balaban J connectivity index is 2.35. The van der Waals surface area contributed by atoms with Gasteiger partial charge in [-0.05, 0) is 37.3 Å². The van der Waals surface area contributed by atoms with Crippen molar-refractivity contribution in [2.75, 3.05) is 10.5 Å². The lowest BCUT2D eigenvalue weighted by Gasteiger charge is -2.09. The molecule has 2 aromatic rings. The number of anilines is 2. The van der Waals surface area contributed by atoms with Crippen molar-refractivity contribution in [1.29, 1.82) is 0 Å². The smallest absolute Gasteiger partial charge is 0.261 e. The minimum atomic E-state index is -3.90. The Bertz CT molecular complexity index is 804. The van der Waals surface area contributed by atoms with Gasteiger partial charge >= 0.3 is 0 Å². The summed E-state index contributed by atoms with van der Waals surface area (Å²) in [5.41, 5.74) is 5.73. The summed E-state index contributed by atoms with van der Waals surface area (Å²) >= 11 is 0. The highest BCUT2D eigenvalue weighted by Crippen LogP contribution is 2.20. The van der Waals surface area contributed by atoms with Crippen molar-refractivity contribution in [3.63, 3.8) is 0 Å². The van der Waals surface area contributed by atoms with E-state index in [1.165, 1.54) is 19.1 Å². The average molecular weight is 308 g/mol. The number of hydrogen-bond donors (Lipinski definition) is 2. The van der Waals surface area contributed by atoms with Crippen LogP contribution in [0.25, 0.3) is 0 Å². The number of carbonyl (C=O) groups excluding carboxylic acids is 1. The lowest BCUT2D eigenvalue weighted by Crippen LogP contribution is -2.13. The van der Waals surface area contributed by atoms with Gasteiger partial charge in [-0.3, -0.25) is 9.52 Å². The molecule has 0 heterocycles. The van der Waals surface area contributed by atoms with Crippen LogP contribution in [0.15, 0.2) is 47.4 Å². The van der Waals surface area contributed by atoms with Gasteiger partial charge in [0.15, 0.2) is 5.78 Å². The molecular weight excluding hydrogens is 295 g/mol. The van der Waals surface area contributed by atoms with Crippen molar-refractivity contribution >= 4 is 27.2 Å². The molecule has 0 atom stereocenters. The first kappa shape index (κ1) is 15.0. The molecule has 0 saturated heterocycles. The maximum atomic E-state index is 13.1. The van der Waals surface area contributed by atoms with Crippen molar-refractivity contribution in [2.45, 2.75) is 11.8 Å². The molecule has 5 nitrogen and oxygen atoms in total. The molecule has 21 heavy (non-hydrogen) atoms. The summed E-state index contributed by atoms with van der Waals surface area (Å²) in [5, 5.41) is 0. The second-order valence-electron chi connectivity index (χ2n) is 4.43. The molecule has 0 bridgehead atoms. The first-order chi connectivity index (χ1) is 9.79. The van der Waals surface area contributed by atoms with E-state index in [4.69, 9.17) is 5.73 Å². The van der Waals surface area contributed by atoms with E-state index in [-0.39, 0.29) is 22.1 Å². The van der Waals surface area contributed by atoms with E-state index in [1.54, 1.807) is 12.1 Å². The zero-order valence-electron chi connectivity index (χ0n) is 11.1. The number of sulfonamides is 1. The molecule has 0 aromatic heterocycles. The Labute approximate surface area is 121 Å². The number of rotatable bonds is 4. The Kier molecular flexibility index (Phi) is 3.95. The van der Waals surface area contributed by atoms with E-state index >= 15 is 0 Å². The third-order valence-corrected chi connectivity index (χ3v) is 4.18. The van der Waals surface area contributed by atoms with Gasteiger partial charge in [0.25, 0.3) is 10.0 Å². The fraction of sp³-hybridized carbons (Fsp3) is 0.0714. The van der Waals surface area contributed by atoms with Gasteiger partial charge in [-0.15, -0.1) is 0 Å². The lowest BCUT2D eigenvalue weighted by molar-refractivity contribution is 0.101. The second kappa shape index (κ2) is 5.53. The third-order valence-electron chi connectivity index (χ3n) is 2.80. The molecule has 0 aliphatic rings. The van der Waals surface area contributed by atoms with E-state index in [0.29, 0.717) is 5.56 Å². The molecule has 0 aliphatic heterocycles. The number of ketones is 1. The Morgan fingerprint density at radius 3 is 2.52 bits per heavy atom. The van der Waals surface area contributed by atoms with Crippen LogP contribution in [0.3, 0.4) is 0 Å². The molecule has 7 heteroatoms. The molecule has 2 rings (SSSR count). The molecule has 0 radical (unpaired) electrons. The third kappa shape index (κ3) is 3.38. The van der Waals surface area contributed by atoms with Crippen LogP contribution in [-0.2, 0) is 10.0 Å². The number of benzene rings is 2. The number of halogens is 1. The lowest BCUT2D eigenvalue weighted by atomic mass is 10.1. The molecular formula is C14H13FN2O3S. The maximum absolute atomic E-state index is 13.1. The first-order valence-corrected chi connectivity index (χ1v) is 7.47. The van der Waals surface area contributed by atoms with Crippen molar-refractivity contribution in [2.24, 2.45) is 0 Å². The predicted octanol–water partition coefficient (Wildman–Crippen LogP) is 2.41. The van der Waals surface area contributed by atoms with E-state index in [1.807, 2.05) is 0 Å². The van der Waals surface area contributed by atoms with E-state index in [2.05, 4.69) is 4.72 Å². The zero-order valence-corrected chi connectivity index (χ0v) is 11.9. The van der Waals surface area contributed by atoms with Crippen LogP contribution in [0.5, 0.6) is 0 Å². The summed E-state index contributed by atoms with van der Waals surface area (Å²) in [5.74, 6) is -0.866. The molecule has 0 unspecified atom stereocenters. The summed E-state index contributed by atoms with van der Waals surface area (Å²) in [4.78, 5) is 11.1. The van der Waals surface area contributed by atoms with E-state index < -0.39 is 15.8 Å². The van der Waals surface area contributed by atoms with Crippen molar-refractivity contribution in [3.05, 3.63) is 53.8 Å². The highest BCUT2D eigenvalue weighted by atomic mass is 32.2. The number of nitrogens with one attached hydrogen (secondary N) is 1. The number of Topliss-reactive ketones (excluding diaryl/α,β-unsaturated/α-hetero) is 1. The average Bonchev–Trinajstić information content (AvgIpc) is 2.41. The normalized spacial score (nSPS) is 11.1. The van der Waals surface area contributed by atoms with Gasteiger partial charge in [0, 0.05) is 11.3 Å². The van der Waals surface area contributed by atoms with Gasteiger partial charge in [-0.1, -0.05) is 12.1 Å². The standard InChI is InChI=1S/C14H13FN2O3S/c1-9(18)10-3-2-4-11(7-10)17-21(19,20)12-5-6-13(15)14(16)8-12/h2-8,17H,16H2,1H3. The fourth-order valence-corrected chi connectivity index (χ4v) is 2.79. The van der Waals surface area contributed by atoms with Crippen LogP contribution < -0.4 is 10.5 Å². The van der Waals surface area contributed by atoms with Crippen LogP contribution in [0, 0.1) is 5.82 Å². The minimum absolute atomic E-state index is 0.158. The summed E-state index contributed by atoms with van der Waals surface area (Å²) in [6, 6.07) is 9.21. The van der Waals surface area contributed by atoms with Crippen molar-refractivity contribution < 1.29 is 17.6 Å². The van der Waals surface area contributed by atoms with Gasteiger partial charge in [-0.25, -0.2) is 12.8 Å². The van der Waals surface area contributed by atoms with E-state index in [9.17, 15) is 17.6 Å². The Morgan fingerprint density at radius 2 is 1.90 bits per heavy atom. The summed E-state index contributed by atoms with van der Waals surface area (Å²) in [7, 11) is -3.90. The topological polar surface area (TPSA) is 89.3 Å². The van der Waals surface area contributed by atoms with Gasteiger partial charge in [-0.2, -0.15) is 0 Å². The van der Waals surface area contributed by atoms with Crippen LogP contribution in [0.2, 0.25) is 0 Å². The van der Waals surface area contributed by atoms with Crippen LogP contribution in [-0.4, -0.2) is 14.2 Å². The number of nitrogen functional groups attached to an aromatic ring is 1. The first-order valence-electron chi connectivity index (χ1n) is 5.98. The zero-order chi connectivity index (χ0) is 15.6. The molecule has 0 spiro atoms. The van der Waals surface area contributed by atoms with Crippen LogP contribution >= 0.6 is 0 Å². The van der Waals surface area contributed by atoms with Gasteiger partial charge < -0.3 is 5.73 Å².